The van der Waals surface area contributed by atoms with Gasteiger partial charge in [0.1, 0.15) is 5.75 Å². The van der Waals surface area contributed by atoms with Crippen LogP contribution in [0.1, 0.15) is 23.2 Å². The van der Waals surface area contributed by atoms with Crippen molar-refractivity contribution in [1.82, 2.24) is 10.6 Å². The quantitative estimate of drug-likeness (QED) is 0.657. The topological polar surface area (TPSA) is 62.4 Å². The monoisotopic (exact) mass is 375 g/mol. The third kappa shape index (κ3) is 5.65. The largest absolute Gasteiger partial charge is 0.435 e. The Labute approximate surface area is 157 Å². The highest BCUT2D eigenvalue weighted by Gasteiger charge is 2.15. The van der Waals surface area contributed by atoms with E-state index in [9.17, 15) is 13.6 Å². The first kappa shape index (κ1) is 19.1. The Balaban J connectivity index is 1.60. The van der Waals surface area contributed by atoms with E-state index in [4.69, 9.17) is 0 Å². The van der Waals surface area contributed by atoms with E-state index in [-0.39, 0.29) is 11.7 Å². The number of hydrogen-bond donors (Lipinski definition) is 3. The Morgan fingerprint density at radius 3 is 2.67 bits per heavy atom. The Morgan fingerprint density at radius 1 is 1.19 bits per heavy atom. The van der Waals surface area contributed by atoms with Crippen LogP contribution < -0.4 is 20.7 Å². The molecule has 0 saturated carbocycles. The van der Waals surface area contributed by atoms with Crippen LogP contribution in [0.25, 0.3) is 0 Å². The molecule has 0 aliphatic carbocycles. The molecule has 1 atom stereocenters. The second kappa shape index (κ2) is 9.32. The van der Waals surface area contributed by atoms with E-state index in [1.54, 1.807) is 30.3 Å². The number of nitrogens with one attached hydrogen (secondary N) is 3. The zero-order valence-electron chi connectivity index (χ0n) is 14.9. The maximum atomic E-state index is 12.5. The minimum Gasteiger partial charge on any atom is -0.435 e. The SMILES string of the molecule is O=C(NCCC1CCNC1)c1ccccc1Nc1ccc(OC(F)F)cc1. The van der Waals surface area contributed by atoms with Crippen molar-refractivity contribution >= 4 is 17.3 Å². The van der Waals surface area contributed by atoms with Crippen molar-refractivity contribution in [3.63, 3.8) is 0 Å². The lowest BCUT2D eigenvalue weighted by molar-refractivity contribution is -0.0498. The van der Waals surface area contributed by atoms with Crippen molar-refractivity contribution in [2.24, 2.45) is 5.92 Å². The van der Waals surface area contributed by atoms with Gasteiger partial charge in [-0.1, -0.05) is 12.1 Å². The number of amides is 1. The summed E-state index contributed by atoms with van der Waals surface area (Å²) in [7, 11) is 0. The lowest BCUT2D eigenvalue weighted by Gasteiger charge is -2.14. The molecule has 1 unspecified atom stereocenters. The van der Waals surface area contributed by atoms with Gasteiger partial charge in [-0.25, -0.2) is 0 Å². The number of para-hydroxylation sites is 1. The zero-order valence-corrected chi connectivity index (χ0v) is 14.9. The molecule has 1 saturated heterocycles. The molecule has 0 radical (unpaired) electrons. The average Bonchev–Trinajstić information content (AvgIpc) is 3.17. The Kier molecular flexibility index (Phi) is 6.59. The molecular formula is C20H23F2N3O2. The summed E-state index contributed by atoms with van der Waals surface area (Å²) in [5.74, 6) is 0.567. The van der Waals surface area contributed by atoms with Crippen molar-refractivity contribution < 1.29 is 18.3 Å². The number of hydrogen-bond acceptors (Lipinski definition) is 4. The average molecular weight is 375 g/mol. The first-order valence-corrected chi connectivity index (χ1v) is 9.01. The molecule has 27 heavy (non-hydrogen) atoms. The van der Waals surface area contributed by atoms with Crippen LogP contribution in [0.5, 0.6) is 5.75 Å². The highest BCUT2D eigenvalue weighted by atomic mass is 19.3. The fourth-order valence-electron chi connectivity index (χ4n) is 3.11. The summed E-state index contributed by atoms with van der Waals surface area (Å²) in [5, 5.41) is 9.44. The second-order valence-electron chi connectivity index (χ2n) is 6.48. The molecule has 3 rings (SSSR count). The van der Waals surface area contributed by atoms with E-state index in [2.05, 4.69) is 20.7 Å². The van der Waals surface area contributed by atoms with Gasteiger partial charge in [0.25, 0.3) is 5.91 Å². The van der Waals surface area contributed by atoms with E-state index >= 15 is 0 Å². The summed E-state index contributed by atoms with van der Waals surface area (Å²) < 4.78 is 28.8. The Hall–Kier alpha value is -2.67. The first-order valence-electron chi connectivity index (χ1n) is 9.01. The van der Waals surface area contributed by atoms with E-state index in [0.29, 0.717) is 29.4 Å². The second-order valence-corrected chi connectivity index (χ2v) is 6.48. The number of ether oxygens (including phenoxy) is 1. The van der Waals surface area contributed by atoms with Gasteiger partial charge < -0.3 is 20.7 Å². The van der Waals surface area contributed by atoms with Gasteiger partial charge in [0.2, 0.25) is 0 Å². The van der Waals surface area contributed by atoms with Gasteiger partial charge in [-0.15, -0.1) is 0 Å². The molecule has 7 heteroatoms. The van der Waals surface area contributed by atoms with E-state index < -0.39 is 6.61 Å². The summed E-state index contributed by atoms with van der Waals surface area (Å²) in [6, 6.07) is 13.3. The van der Waals surface area contributed by atoms with Crippen molar-refractivity contribution in [2.45, 2.75) is 19.5 Å². The minimum atomic E-state index is -2.85. The zero-order chi connectivity index (χ0) is 19.1. The van der Waals surface area contributed by atoms with Crippen LogP contribution in [0.2, 0.25) is 0 Å². The van der Waals surface area contributed by atoms with Gasteiger partial charge in [-0.05, 0) is 68.2 Å². The highest BCUT2D eigenvalue weighted by molar-refractivity contribution is 6.00. The van der Waals surface area contributed by atoms with Crippen molar-refractivity contribution in [3.8, 4) is 5.75 Å². The molecule has 5 nitrogen and oxygen atoms in total. The van der Waals surface area contributed by atoms with Crippen molar-refractivity contribution in [1.29, 1.82) is 0 Å². The number of benzene rings is 2. The lowest BCUT2D eigenvalue weighted by Crippen LogP contribution is -2.27. The van der Waals surface area contributed by atoms with Crippen LogP contribution in [0, 0.1) is 5.92 Å². The smallest absolute Gasteiger partial charge is 0.387 e. The van der Waals surface area contributed by atoms with Gasteiger partial charge in [-0.2, -0.15) is 8.78 Å². The molecule has 1 aliphatic heterocycles. The van der Waals surface area contributed by atoms with Gasteiger partial charge in [0.05, 0.1) is 11.3 Å². The van der Waals surface area contributed by atoms with Crippen LogP contribution >= 0.6 is 0 Å². The fraction of sp³-hybridized carbons (Fsp3) is 0.350. The minimum absolute atomic E-state index is 0.0861. The van der Waals surface area contributed by atoms with Gasteiger partial charge in [-0.3, -0.25) is 4.79 Å². The van der Waals surface area contributed by atoms with Crippen LogP contribution in [0.4, 0.5) is 20.2 Å². The molecule has 0 aromatic heterocycles. The highest BCUT2D eigenvalue weighted by Crippen LogP contribution is 2.23. The van der Waals surface area contributed by atoms with Crippen LogP contribution in [0.3, 0.4) is 0 Å². The number of carbonyl (C=O) groups is 1. The molecule has 0 bridgehead atoms. The summed E-state index contributed by atoms with van der Waals surface area (Å²) in [5.41, 5.74) is 1.86. The molecule has 1 heterocycles. The van der Waals surface area contributed by atoms with Gasteiger partial charge in [0.15, 0.2) is 0 Å². The number of carbonyl (C=O) groups excluding carboxylic acids is 1. The third-order valence-corrected chi connectivity index (χ3v) is 4.53. The maximum absolute atomic E-state index is 12.5. The molecule has 144 valence electrons. The Morgan fingerprint density at radius 2 is 1.96 bits per heavy atom. The molecule has 0 spiro atoms. The molecule has 1 fully saturated rings. The molecular weight excluding hydrogens is 352 g/mol. The molecule has 2 aromatic rings. The Bertz CT molecular complexity index is 747. The summed E-state index contributed by atoms with van der Waals surface area (Å²) in [4.78, 5) is 12.5. The summed E-state index contributed by atoms with van der Waals surface area (Å²) in [6.45, 7) is -0.154. The standard InChI is InChI=1S/C20H23F2N3O2/c21-20(22)27-16-7-5-15(6-8-16)25-18-4-2-1-3-17(18)19(26)24-12-10-14-9-11-23-13-14/h1-8,14,20,23,25H,9-13H2,(H,24,26). The predicted octanol–water partition coefficient (Wildman–Crippen LogP) is 3.76. The number of alkyl halides is 2. The third-order valence-electron chi connectivity index (χ3n) is 4.53. The van der Waals surface area contributed by atoms with Crippen LogP contribution in [-0.4, -0.2) is 32.2 Å². The van der Waals surface area contributed by atoms with Crippen LogP contribution in [0.15, 0.2) is 48.5 Å². The molecule has 3 N–H and O–H groups in total. The van der Waals surface area contributed by atoms with E-state index in [0.717, 1.165) is 25.9 Å². The molecule has 1 aliphatic rings. The maximum Gasteiger partial charge on any atom is 0.387 e. The lowest BCUT2D eigenvalue weighted by atomic mass is 10.1. The fourth-order valence-corrected chi connectivity index (χ4v) is 3.11. The van der Waals surface area contributed by atoms with Gasteiger partial charge in [0, 0.05) is 12.2 Å². The van der Waals surface area contributed by atoms with E-state index in [1.165, 1.54) is 12.1 Å². The van der Waals surface area contributed by atoms with E-state index in [1.807, 2.05) is 6.07 Å². The number of rotatable bonds is 8. The van der Waals surface area contributed by atoms with Gasteiger partial charge >= 0.3 is 6.61 Å². The number of anilines is 2. The normalized spacial score (nSPS) is 16.3. The van der Waals surface area contributed by atoms with Crippen molar-refractivity contribution in [2.75, 3.05) is 25.0 Å². The summed E-state index contributed by atoms with van der Waals surface area (Å²) >= 11 is 0. The van der Waals surface area contributed by atoms with Crippen LogP contribution in [-0.2, 0) is 0 Å². The molecule has 2 aromatic carbocycles. The van der Waals surface area contributed by atoms with Crippen molar-refractivity contribution in [3.05, 3.63) is 54.1 Å². The summed E-state index contributed by atoms with van der Waals surface area (Å²) in [6.07, 6.45) is 2.11. The molecule has 1 amide bonds. The predicted molar refractivity (Wildman–Crippen MR) is 101 cm³/mol. The number of halogens is 2. The first-order chi connectivity index (χ1) is 13.1.